The monoisotopic (exact) mass is 328 g/mol. The highest BCUT2D eigenvalue weighted by Gasteiger charge is 2.31. The van der Waals surface area contributed by atoms with Gasteiger partial charge < -0.3 is 4.74 Å². The van der Waals surface area contributed by atoms with Gasteiger partial charge >= 0.3 is 6.36 Å². The van der Waals surface area contributed by atoms with Crippen molar-refractivity contribution >= 4 is 0 Å². The second-order valence-corrected chi connectivity index (χ2v) is 6.88. The summed E-state index contributed by atoms with van der Waals surface area (Å²) in [4.78, 5) is 0. The molecule has 1 aromatic rings. The number of halogens is 3. The van der Waals surface area contributed by atoms with Crippen molar-refractivity contribution in [2.45, 2.75) is 71.1 Å². The summed E-state index contributed by atoms with van der Waals surface area (Å²) in [5.74, 6) is 1.70. The molecule has 0 spiro atoms. The Kier molecular flexibility index (Phi) is 6.79. The van der Waals surface area contributed by atoms with Crippen LogP contribution in [-0.4, -0.2) is 6.36 Å². The van der Waals surface area contributed by atoms with E-state index in [9.17, 15) is 13.2 Å². The van der Waals surface area contributed by atoms with E-state index in [2.05, 4.69) is 11.7 Å². The van der Waals surface area contributed by atoms with E-state index in [1.165, 1.54) is 44.6 Å². The van der Waals surface area contributed by atoms with Crippen LogP contribution in [-0.2, 0) is 6.42 Å². The molecular formula is C19H27F3O. The largest absolute Gasteiger partial charge is 0.573 e. The van der Waals surface area contributed by atoms with Crippen molar-refractivity contribution in [2.24, 2.45) is 11.8 Å². The summed E-state index contributed by atoms with van der Waals surface area (Å²) in [6, 6.07) is 6.46. The lowest BCUT2D eigenvalue weighted by atomic mass is 9.80. The van der Waals surface area contributed by atoms with Gasteiger partial charge in [0.05, 0.1) is 0 Å². The second-order valence-electron chi connectivity index (χ2n) is 6.88. The lowest BCUT2D eigenvalue weighted by Crippen LogP contribution is -2.18. The average Bonchev–Trinajstić information content (AvgIpc) is 2.49. The molecule has 0 aliphatic heterocycles. The molecule has 0 bridgehead atoms. The summed E-state index contributed by atoms with van der Waals surface area (Å²) in [6.45, 7) is 2.33. The fraction of sp³-hybridized carbons (Fsp3) is 0.684. The Hall–Kier alpha value is -1.19. The molecule has 0 radical (unpaired) electrons. The third kappa shape index (κ3) is 6.84. The van der Waals surface area contributed by atoms with Crippen LogP contribution in [0.15, 0.2) is 24.3 Å². The molecule has 23 heavy (non-hydrogen) atoms. The summed E-state index contributed by atoms with van der Waals surface area (Å²) >= 11 is 0. The number of para-hydroxylation sites is 1. The highest BCUT2D eigenvalue weighted by molar-refractivity contribution is 5.33. The van der Waals surface area contributed by atoms with E-state index in [1.807, 2.05) is 0 Å². The second kappa shape index (κ2) is 8.60. The van der Waals surface area contributed by atoms with Crippen LogP contribution in [0, 0.1) is 11.8 Å². The molecule has 130 valence electrons. The number of hydrogen-bond acceptors (Lipinski definition) is 1. The molecule has 0 aromatic heterocycles. The molecule has 0 atom stereocenters. The molecule has 0 amide bonds. The van der Waals surface area contributed by atoms with Gasteiger partial charge in [-0.05, 0) is 36.3 Å². The third-order valence-electron chi connectivity index (χ3n) is 4.89. The molecular weight excluding hydrogens is 301 g/mol. The molecule has 1 aliphatic rings. The Bertz CT molecular complexity index is 462. The third-order valence-corrected chi connectivity index (χ3v) is 4.89. The number of aryl methyl sites for hydroxylation is 1. The van der Waals surface area contributed by atoms with Crippen LogP contribution in [0.5, 0.6) is 5.75 Å². The van der Waals surface area contributed by atoms with Crippen molar-refractivity contribution in [1.82, 2.24) is 0 Å². The first kappa shape index (κ1) is 18.2. The maximum Gasteiger partial charge on any atom is 0.573 e. The van der Waals surface area contributed by atoms with Crippen molar-refractivity contribution in [1.29, 1.82) is 0 Å². The van der Waals surface area contributed by atoms with Crippen LogP contribution in [0.3, 0.4) is 0 Å². The van der Waals surface area contributed by atoms with Crippen molar-refractivity contribution in [3.8, 4) is 5.75 Å². The minimum absolute atomic E-state index is 0.0544. The Morgan fingerprint density at radius 1 is 1.00 bits per heavy atom. The lowest BCUT2D eigenvalue weighted by Gasteiger charge is -2.26. The number of benzene rings is 1. The van der Waals surface area contributed by atoms with E-state index in [0.29, 0.717) is 12.0 Å². The Morgan fingerprint density at radius 2 is 1.70 bits per heavy atom. The molecule has 2 rings (SSSR count). The van der Waals surface area contributed by atoms with Gasteiger partial charge in [0.1, 0.15) is 5.75 Å². The zero-order valence-corrected chi connectivity index (χ0v) is 13.9. The van der Waals surface area contributed by atoms with E-state index in [4.69, 9.17) is 0 Å². The van der Waals surface area contributed by atoms with E-state index >= 15 is 0 Å². The minimum Gasteiger partial charge on any atom is -0.406 e. The van der Waals surface area contributed by atoms with Crippen molar-refractivity contribution in [2.75, 3.05) is 0 Å². The molecule has 0 saturated heterocycles. The maximum atomic E-state index is 12.4. The SMILES string of the molecule is CC1CCC(CCCCCc2ccccc2OC(F)(F)F)CC1. The zero-order chi connectivity index (χ0) is 16.7. The normalized spacial score (nSPS) is 22.1. The van der Waals surface area contributed by atoms with Gasteiger partial charge in [0, 0.05) is 0 Å². The van der Waals surface area contributed by atoms with Crippen molar-refractivity contribution in [3.05, 3.63) is 29.8 Å². The number of alkyl halides is 3. The summed E-state index contributed by atoms with van der Waals surface area (Å²) in [6.07, 6.45) is 5.89. The van der Waals surface area contributed by atoms with Crippen LogP contribution in [0.25, 0.3) is 0 Å². The predicted octanol–water partition coefficient (Wildman–Crippen LogP) is 6.51. The Balaban J connectivity index is 1.68. The first-order chi connectivity index (χ1) is 10.9. The number of rotatable bonds is 7. The van der Waals surface area contributed by atoms with Crippen LogP contribution in [0.2, 0.25) is 0 Å². The van der Waals surface area contributed by atoms with Crippen molar-refractivity contribution in [3.63, 3.8) is 0 Å². The van der Waals surface area contributed by atoms with E-state index < -0.39 is 6.36 Å². The Morgan fingerprint density at radius 3 is 2.39 bits per heavy atom. The molecule has 1 aliphatic carbocycles. The minimum atomic E-state index is -4.62. The summed E-state index contributed by atoms with van der Waals surface area (Å²) in [5.41, 5.74) is 0.649. The van der Waals surface area contributed by atoms with E-state index in [1.54, 1.807) is 18.2 Å². The van der Waals surface area contributed by atoms with Gasteiger partial charge in [-0.1, -0.05) is 70.1 Å². The summed E-state index contributed by atoms with van der Waals surface area (Å²) in [5, 5.41) is 0. The zero-order valence-electron chi connectivity index (χ0n) is 13.9. The molecule has 1 saturated carbocycles. The van der Waals surface area contributed by atoms with Crippen LogP contribution < -0.4 is 4.74 Å². The van der Waals surface area contributed by atoms with Gasteiger partial charge in [0.15, 0.2) is 0 Å². The fourth-order valence-electron chi connectivity index (χ4n) is 3.48. The van der Waals surface area contributed by atoms with Crippen LogP contribution in [0.1, 0.15) is 63.9 Å². The smallest absolute Gasteiger partial charge is 0.406 e. The molecule has 0 unspecified atom stereocenters. The molecule has 1 nitrogen and oxygen atoms in total. The highest BCUT2D eigenvalue weighted by Crippen LogP contribution is 2.32. The van der Waals surface area contributed by atoms with Crippen LogP contribution >= 0.6 is 0 Å². The average molecular weight is 328 g/mol. The first-order valence-corrected chi connectivity index (χ1v) is 8.77. The molecule has 4 heteroatoms. The van der Waals surface area contributed by atoms with Gasteiger partial charge in [-0.25, -0.2) is 0 Å². The topological polar surface area (TPSA) is 9.23 Å². The highest BCUT2D eigenvalue weighted by atomic mass is 19.4. The lowest BCUT2D eigenvalue weighted by molar-refractivity contribution is -0.274. The van der Waals surface area contributed by atoms with Crippen molar-refractivity contribution < 1.29 is 17.9 Å². The van der Waals surface area contributed by atoms with Gasteiger partial charge in [0.2, 0.25) is 0 Å². The standard InChI is InChI=1S/C19H27F3O/c1-15-11-13-16(14-12-15)7-3-2-4-8-17-9-5-6-10-18(17)23-19(20,21)22/h5-6,9-10,15-16H,2-4,7-8,11-14H2,1H3. The molecule has 1 fully saturated rings. The first-order valence-electron chi connectivity index (χ1n) is 8.77. The summed E-state index contributed by atoms with van der Waals surface area (Å²) < 4.78 is 41.2. The van der Waals surface area contributed by atoms with Gasteiger partial charge in [0.25, 0.3) is 0 Å². The Labute approximate surface area is 137 Å². The number of unbranched alkanes of at least 4 members (excludes halogenated alkanes) is 2. The summed E-state index contributed by atoms with van der Waals surface area (Å²) in [7, 11) is 0. The van der Waals surface area contributed by atoms with Gasteiger partial charge in [-0.15, -0.1) is 13.2 Å². The quantitative estimate of drug-likeness (QED) is 0.518. The van der Waals surface area contributed by atoms with Gasteiger partial charge in [-0.2, -0.15) is 0 Å². The van der Waals surface area contributed by atoms with Gasteiger partial charge in [-0.3, -0.25) is 0 Å². The van der Waals surface area contributed by atoms with E-state index in [0.717, 1.165) is 24.7 Å². The van der Waals surface area contributed by atoms with Crippen LogP contribution in [0.4, 0.5) is 13.2 Å². The molecule has 0 N–H and O–H groups in total. The number of hydrogen-bond donors (Lipinski definition) is 0. The fourth-order valence-corrected chi connectivity index (χ4v) is 3.48. The molecule has 0 heterocycles. The number of ether oxygens (including phenoxy) is 1. The van der Waals surface area contributed by atoms with E-state index in [-0.39, 0.29) is 5.75 Å². The maximum absolute atomic E-state index is 12.4. The predicted molar refractivity (Wildman–Crippen MR) is 86.4 cm³/mol. The molecule has 1 aromatic carbocycles.